The van der Waals surface area contributed by atoms with Gasteiger partial charge < -0.3 is 10.5 Å². The third-order valence-corrected chi connectivity index (χ3v) is 2.95. The fourth-order valence-corrected chi connectivity index (χ4v) is 1.96. The van der Waals surface area contributed by atoms with Crippen LogP contribution in [0.25, 0.3) is 0 Å². The van der Waals surface area contributed by atoms with Crippen LogP contribution in [0.15, 0.2) is 29.1 Å². The molecule has 0 unspecified atom stereocenters. The van der Waals surface area contributed by atoms with E-state index in [1.807, 2.05) is 5.38 Å². The van der Waals surface area contributed by atoms with Gasteiger partial charge in [0.2, 0.25) is 0 Å². The zero-order valence-corrected chi connectivity index (χ0v) is 10.2. The molecule has 0 aliphatic heterocycles. The predicted molar refractivity (Wildman–Crippen MR) is 67.4 cm³/mol. The van der Waals surface area contributed by atoms with Crippen LogP contribution in [0.5, 0.6) is 5.75 Å². The van der Waals surface area contributed by atoms with Gasteiger partial charge in [-0.3, -0.25) is 10.1 Å². The molecule has 2 aromatic rings. The molecule has 0 aliphatic rings. The molecule has 1 aromatic heterocycles. The van der Waals surface area contributed by atoms with Crippen LogP contribution >= 0.6 is 11.3 Å². The van der Waals surface area contributed by atoms with Gasteiger partial charge >= 0.3 is 5.69 Å². The van der Waals surface area contributed by atoms with Gasteiger partial charge in [-0.25, -0.2) is 4.98 Å². The summed E-state index contributed by atoms with van der Waals surface area (Å²) in [6.07, 6.45) is 0. The molecule has 7 heteroatoms. The zero-order chi connectivity index (χ0) is 13.0. The molecule has 0 fully saturated rings. The van der Waals surface area contributed by atoms with E-state index in [2.05, 4.69) is 4.98 Å². The number of hydrogen-bond acceptors (Lipinski definition) is 6. The molecule has 0 spiro atoms. The summed E-state index contributed by atoms with van der Waals surface area (Å²) in [4.78, 5) is 14.4. The fourth-order valence-electron chi connectivity index (χ4n) is 1.41. The predicted octanol–water partition coefficient (Wildman–Crippen LogP) is 2.09. The van der Waals surface area contributed by atoms with Crippen molar-refractivity contribution in [3.63, 3.8) is 0 Å². The lowest BCUT2D eigenvalue weighted by Crippen LogP contribution is -2.02. The highest BCUT2D eigenvalue weighted by atomic mass is 32.1. The van der Waals surface area contributed by atoms with Crippen molar-refractivity contribution in [1.29, 1.82) is 0 Å². The van der Waals surface area contributed by atoms with Crippen LogP contribution < -0.4 is 10.5 Å². The molecule has 0 saturated heterocycles. The molecule has 0 bridgehead atoms. The standard InChI is InChI=1S/C11H11N3O3S/c12-4-8-1-2-10(14(15)16)11(3-8)17-5-9-6-18-7-13-9/h1-3,6-7H,4-5,12H2. The SMILES string of the molecule is NCc1ccc([N+](=O)[O-])c(OCc2cscn2)c1. The number of rotatable bonds is 5. The molecule has 2 N–H and O–H groups in total. The minimum absolute atomic E-state index is 0.0672. The molecular weight excluding hydrogens is 254 g/mol. The molecule has 1 heterocycles. The number of benzene rings is 1. The van der Waals surface area contributed by atoms with Gasteiger partial charge in [0, 0.05) is 18.0 Å². The van der Waals surface area contributed by atoms with E-state index in [1.54, 1.807) is 17.6 Å². The maximum atomic E-state index is 10.9. The van der Waals surface area contributed by atoms with Crippen LogP contribution in [-0.4, -0.2) is 9.91 Å². The third kappa shape index (κ3) is 2.82. The lowest BCUT2D eigenvalue weighted by molar-refractivity contribution is -0.386. The summed E-state index contributed by atoms with van der Waals surface area (Å²) in [5.41, 5.74) is 8.65. The fraction of sp³-hybridized carbons (Fsp3) is 0.182. The topological polar surface area (TPSA) is 91.3 Å². The van der Waals surface area contributed by atoms with Crippen molar-refractivity contribution in [2.45, 2.75) is 13.2 Å². The van der Waals surface area contributed by atoms with E-state index in [1.165, 1.54) is 17.4 Å². The van der Waals surface area contributed by atoms with E-state index >= 15 is 0 Å². The average Bonchev–Trinajstić information content (AvgIpc) is 2.88. The molecule has 0 amide bonds. The van der Waals surface area contributed by atoms with Crippen molar-refractivity contribution in [3.05, 3.63) is 50.5 Å². The molecule has 0 atom stereocenters. The second kappa shape index (κ2) is 5.56. The maximum absolute atomic E-state index is 10.9. The quantitative estimate of drug-likeness (QED) is 0.660. The van der Waals surface area contributed by atoms with Gasteiger partial charge in [-0.1, -0.05) is 6.07 Å². The monoisotopic (exact) mass is 265 g/mol. The zero-order valence-electron chi connectivity index (χ0n) is 9.41. The number of ether oxygens (including phenoxy) is 1. The Balaban J connectivity index is 2.20. The Morgan fingerprint density at radius 2 is 2.33 bits per heavy atom. The van der Waals surface area contributed by atoms with Gasteiger partial charge in [0.15, 0.2) is 5.75 Å². The van der Waals surface area contributed by atoms with Gasteiger partial charge in [0.25, 0.3) is 0 Å². The van der Waals surface area contributed by atoms with Crippen molar-refractivity contribution < 1.29 is 9.66 Å². The molecule has 0 saturated carbocycles. The Bertz CT molecular complexity index is 542. The van der Waals surface area contributed by atoms with Crippen molar-refractivity contribution in [2.24, 2.45) is 5.73 Å². The van der Waals surface area contributed by atoms with Gasteiger partial charge in [0.1, 0.15) is 6.61 Å². The highest BCUT2D eigenvalue weighted by molar-refractivity contribution is 7.07. The summed E-state index contributed by atoms with van der Waals surface area (Å²) < 4.78 is 5.43. The average molecular weight is 265 g/mol. The number of nitrogens with two attached hydrogens (primary N) is 1. The summed E-state index contributed by atoms with van der Waals surface area (Å²) >= 11 is 1.45. The first-order valence-corrected chi connectivity index (χ1v) is 6.12. The molecule has 94 valence electrons. The van der Waals surface area contributed by atoms with Crippen LogP contribution in [0.2, 0.25) is 0 Å². The van der Waals surface area contributed by atoms with Crippen molar-refractivity contribution in [2.75, 3.05) is 0 Å². The number of nitrogens with zero attached hydrogens (tertiary/aromatic N) is 2. The van der Waals surface area contributed by atoms with Gasteiger partial charge in [0.05, 0.1) is 16.1 Å². The lowest BCUT2D eigenvalue weighted by atomic mass is 10.2. The largest absolute Gasteiger partial charge is 0.480 e. The minimum Gasteiger partial charge on any atom is -0.480 e. The van der Waals surface area contributed by atoms with Crippen LogP contribution in [0.3, 0.4) is 0 Å². The first-order valence-electron chi connectivity index (χ1n) is 5.18. The van der Waals surface area contributed by atoms with E-state index in [-0.39, 0.29) is 18.0 Å². The molecule has 2 rings (SSSR count). The van der Waals surface area contributed by atoms with Crippen LogP contribution in [0, 0.1) is 10.1 Å². The Morgan fingerprint density at radius 3 is 2.94 bits per heavy atom. The molecule has 6 nitrogen and oxygen atoms in total. The van der Waals surface area contributed by atoms with Crippen molar-refractivity contribution in [1.82, 2.24) is 4.98 Å². The molecular formula is C11H11N3O3S. The molecule has 0 aliphatic carbocycles. The Kier molecular flexibility index (Phi) is 3.85. The summed E-state index contributed by atoms with van der Waals surface area (Å²) in [5.74, 6) is 0.218. The van der Waals surface area contributed by atoms with Crippen LogP contribution in [0.4, 0.5) is 5.69 Å². The van der Waals surface area contributed by atoms with Crippen molar-refractivity contribution >= 4 is 17.0 Å². The summed E-state index contributed by atoms with van der Waals surface area (Å²) in [7, 11) is 0. The molecule has 18 heavy (non-hydrogen) atoms. The first kappa shape index (κ1) is 12.5. The highest BCUT2D eigenvalue weighted by Gasteiger charge is 2.15. The second-order valence-electron chi connectivity index (χ2n) is 3.53. The van der Waals surface area contributed by atoms with Crippen LogP contribution in [0.1, 0.15) is 11.3 Å². The smallest absolute Gasteiger partial charge is 0.310 e. The van der Waals surface area contributed by atoms with E-state index in [4.69, 9.17) is 10.5 Å². The Morgan fingerprint density at radius 1 is 1.50 bits per heavy atom. The summed E-state index contributed by atoms with van der Waals surface area (Å²) in [6.45, 7) is 0.517. The van der Waals surface area contributed by atoms with Crippen LogP contribution in [-0.2, 0) is 13.2 Å². The number of thiazole rings is 1. The highest BCUT2D eigenvalue weighted by Crippen LogP contribution is 2.28. The summed E-state index contributed by atoms with van der Waals surface area (Å²) in [6, 6.07) is 4.61. The molecule has 0 radical (unpaired) electrons. The molecule has 1 aromatic carbocycles. The van der Waals surface area contributed by atoms with Gasteiger partial charge in [-0.15, -0.1) is 11.3 Å². The maximum Gasteiger partial charge on any atom is 0.310 e. The normalized spacial score (nSPS) is 10.3. The lowest BCUT2D eigenvalue weighted by Gasteiger charge is -2.06. The summed E-state index contributed by atoms with van der Waals surface area (Å²) in [5, 5.41) is 12.7. The van der Waals surface area contributed by atoms with Crippen molar-refractivity contribution in [3.8, 4) is 5.75 Å². The van der Waals surface area contributed by atoms with E-state index in [9.17, 15) is 10.1 Å². The minimum atomic E-state index is -0.476. The van der Waals surface area contributed by atoms with E-state index < -0.39 is 4.92 Å². The number of hydrogen-bond donors (Lipinski definition) is 1. The number of nitro benzene ring substituents is 1. The number of aromatic nitrogens is 1. The number of nitro groups is 1. The van der Waals surface area contributed by atoms with E-state index in [0.29, 0.717) is 6.54 Å². The second-order valence-corrected chi connectivity index (χ2v) is 4.25. The Hall–Kier alpha value is -1.99. The third-order valence-electron chi connectivity index (χ3n) is 2.32. The first-order chi connectivity index (χ1) is 8.70. The van der Waals surface area contributed by atoms with E-state index in [0.717, 1.165) is 11.3 Å². The van der Waals surface area contributed by atoms with Gasteiger partial charge in [-0.05, 0) is 11.6 Å². The Labute approximate surface area is 107 Å². The van der Waals surface area contributed by atoms with Gasteiger partial charge in [-0.2, -0.15) is 0 Å².